The molecule has 0 spiro atoms. The summed E-state index contributed by atoms with van der Waals surface area (Å²) in [5.41, 5.74) is 3.69. The van der Waals surface area contributed by atoms with Crippen molar-refractivity contribution in [2.24, 2.45) is 0 Å². The van der Waals surface area contributed by atoms with E-state index in [2.05, 4.69) is 33.8 Å². The summed E-state index contributed by atoms with van der Waals surface area (Å²) in [7, 11) is 0. The number of rotatable bonds is 3. The van der Waals surface area contributed by atoms with Crippen molar-refractivity contribution in [1.29, 1.82) is 0 Å². The Morgan fingerprint density at radius 1 is 1.36 bits per heavy atom. The number of aromatic amines is 1. The summed E-state index contributed by atoms with van der Waals surface area (Å²) in [4.78, 5) is 17.5. The van der Waals surface area contributed by atoms with E-state index >= 15 is 0 Å². The number of nitrogens with zero attached hydrogens (tertiary/aromatic N) is 1. The smallest absolute Gasteiger partial charge is 0.317 e. The Kier molecular flexibility index (Phi) is 4.38. The van der Waals surface area contributed by atoms with Gasteiger partial charge in [0.15, 0.2) is 0 Å². The Hall–Kier alpha value is -1.72. The first-order chi connectivity index (χ1) is 12.1. The Labute approximate surface area is 153 Å². The molecule has 5 nitrogen and oxygen atoms in total. The molecule has 25 heavy (non-hydrogen) atoms. The molecule has 2 heterocycles. The van der Waals surface area contributed by atoms with Gasteiger partial charge in [0, 0.05) is 48.5 Å². The molecular formula is C19H25ClN4O. The van der Waals surface area contributed by atoms with Gasteiger partial charge in [-0.2, -0.15) is 0 Å². The number of carbonyl (C=O) groups excluding carboxylic acids is 1. The predicted octanol–water partition coefficient (Wildman–Crippen LogP) is 3.24. The second-order valence-electron chi connectivity index (χ2n) is 7.07. The molecule has 0 bridgehead atoms. The maximum Gasteiger partial charge on any atom is 0.317 e. The van der Waals surface area contributed by atoms with E-state index in [-0.39, 0.29) is 12.1 Å². The van der Waals surface area contributed by atoms with Crippen molar-refractivity contribution in [3.05, 3.63) is 34.5 Å². The van der Waals surface area contributed by atoms with Gasteiger partial charge in [-0.25, -0.2) is 4.79 Å². The predicted molar refractivity (Wildman–Crippen MR) is 101 cm³/mol. The quantitative estimate of drug-likeness (QED) is 0.787. The molecule has 1 saturated heterocycles. The summed E-state index contributed by atoms with van der Waals surface area (Å²) >= 11 is 6.42. The standard InChI is InChI=1S/C19H25ClN4O/c1-3-24(4-2)19(25)22-11-8-13-12-6-5-7-15-17(12)14(18(20)23-15)9-16(13)21-10-11/h5-7,11,13,16,21,23H,3-4,8-10H2,1-2H3,(H,22,25)/t11-,13?,16+/m0/s1. The Morgan fingerprint density at radius 3 is 2.92 bits per heavy atom. The Balaban J connectivity index is 1.58. The lowest BCUT2D eigenvalue weighted by Gasteiger charge is -2.41. The Morgan fingerprint density at radius 2 is 2.16 bits per heavy atom. The second kappa shape index (κ2) is 6.54. The van der Waals surface area contributed by atoms with Crippen LogP contribution < -0.4 is 10.6 Å². The molecule has 3 atom stereocenters. The molecule has 1 fully saturated rings. The highest BCUT2D eigenvalue weighted by molar-refractivity contribution is 6.32. The molecule has 2 aromatic rings. The minimum atomic E-state index is 0.0367. The fourth-order valence-corrected chi connectivity index (χ4v) is 4.74. The number of benzene rings is 1. The average molecular weight is 361 g/mol. The normalized spacial score (nSPS) is 24.8. The molecule has 1 aliphatic heterocycles. The lowest BCUT2D eigenvalue weighted by atomic mass is 9.75. The van der Waals surface area contributed by atoms with Crippen LogP contribution >= 0.6 is 11.6 Å². The zero-order valence-corrected chi connectivity index (χ0v) is 15.5. The van der Waals surface area contributed by atoms with E-state index < -0.39 is 0 Å². The average Bonchev–Trinajstić information content (AvgIpc) is 2.93. The lowest BCUT2D eigenvalue weighted by molar-refractivity contribution is 0.191. The monoisotopic (exact) mass is 360 g/mol. The van der Waals surface area contributed by atoms with E-state index in [0.717, 1.165) is 43.1 Å². The largest absolute Gasteiger partial charge is 0.345 e. The van der Waals surface area contributed by atoms with Gasteiger partial charge in [0.25, 0.3) is 0 Å². The van der Waals surface area contributed by atoms with E-state index in [0.29, 0.717) is 12.0 Å². The molecule has 0 radical (unpaired) electrons. The van der Waals surface area contributed by atoms with Crippen LogP contribution in [0.5, 0.6) is 0 Å². The van der Waals surface area contributed by atoms with Gasteiger partial charge in [0.1, 0.15) is 5.15 Å². The Bertz CT molecular complexity index is 798. The zero-order chi connectivity index (χ0) is 17.6. The number of hydrogen-bond donors (Lipinski definition) is 3. The number of fused-ring (bicyclic) bond motifs is 2. The highest BCUT2D eigenvalue weighted by atomic mass is 35.5. The number of hydrogen-bond acceptors (Lipinski definition) is 2. The van der Waals surface area contributed by atoms with Gasteiger partial charge in [-0.1, -0.05) is 23.7 Å². The molecule has 1 aromatic carbocycles. The van der Waals surface area contributed by atoms with Crippen molar-refractivity contribution >= 4 is 28.5 Å². The van der Waals surface area contributed by atoms with E-state index in [1.165, 1.54) is 16.5 Å². The van der Waals surface area contributed by atoms with E-state index in [9.17, 15) is 4.79 Å². The maximum atomic E-state index is 12.4. The van der Waals surface area contributed by atoms with Crippen LogP contribution in [0.2, 0.25) is 5.15 Å². The molecule has 2 aliphatic rings. The first-order valence-electron chi connectivity index (χ1n) is 9.20. The van der Waals surface area contributed by atoms with E-state index in [1.807, 2.05) is 18.7 Å². The van der Waals surface area contributed by atoms with Crippen molar-refractivity contribution < 1.29 is 4.79 Å². The highest BCUT2D eigenvalue weighted by Gasteiger charge is 2.37. The zero-order valence-electron chi connectivity index (χ0n) is 14.7. The van der Waals surface area contributed by atoms with Crippen molar-refractivity contribution in [3.8, 4) is 0 Å². The number of H-pyrrole nitrogens is 1. The number of nitrogens with one attached hydrogen (secondary N) is 3. The summed E-state index contributed by atoms with van der Waals surface area (Å²) in [6.07, 6.45) is 1.91. The molecular weight excluding hydrogens is 336 g/mol. The van der Waals surface area contributed by atoms with Crippen LogP contribution in [0.15, 0.2) is 18.2 Å². The molecule has 3 N–H and O–H groups in total. The highest BCUT2D eigenvalue weighted by Crippen LogP contribution is 2.43. The van der Waals surface area contributed by atoms with Crippen molar-refractivity contribution in [2.45, 2.75) is 44.7 Å². The third-order valence-corrected chi connectivity index (χ3v) is 6.08. The van der Waals surface area contributed by atoms with Crippen LogP contribution in [0.3, 0.4) is 0 Å². The summed E-state index contributed by atoms with van der Waals surface area (Å²) in [5, 5.41) is 8.90. The lowest BCUT2D eigenvalue weighted by Crippen LogP contribution is -2.56. The fraction of sp³-hybridized carbons (Fsp3) is 0.526. The van der Waals surface area contributed by atoms with Gasteiger partial charge in [-0.05, 0) is 43.9 Å². The third-order valence-electron chi connectivity index (χ3n) is 5.76. The van der Waals surface area contributed by atoms with Gasteiger partial charge < -0.3 is 20.5 Å². The summed E-state index contributed by atoms with van der Waals surface area (Å²) in [5.74, 6) is 0.402. The molecule has 6 heteroatoms. The maximum absolute atomic E-state index is 12.4. The summed E-state index contributed by atoms with van der Waals surface area (Å²) in [6.45, 7) is 6.30. The van der Waals surface area contributed by atoms with Crippen LogP contribution in [-0.4, -0.2) is 47.6 Å². The molecule has 134 valence electrons. The SMILES string of the molecule is CCN(CC)C(=O)N[C@@H]1CN[C@@H]2Cc3c(Cl)[nH]c4cccc(c34)C2C1. The van der Waals surface area contributed by atoms with Gasteiger partial charge in [-0.15, -0.1) is 0 Å². The van der Waals surface area contributed by atoms with Crippen LogP contribution in [0.1, 0.15) is 37.3 Å². The van der Waals surface area contributed by atoms with Gasteiger partial charge in [0.2, 0.25) is 0 Å². The van der Waals surface area contributed by atoms with Gasteiger partial charge in [0.05, 0.1) is 0 Å². The van der Waals surface area contributed by atoms with Crippen molar-refractivity contribution in [3.63, 3.8) is 0 Å². The van der Waals surface area contributed by atoms with Crippen molar-refractivity contribution in [1.82, 2.24) is 20.5 Å². The third kappa shape index (κ3) is 2.79. The van der Waals surface area contributed by atoms with Gasteiger partial charge >= 0.3 is 6.03 Å². The van der Waals surface area contributed by atoms with Gasteiger partial charge in [-0.3, -0.25) is 0 Å². The fourth-order valence-electron chi connectivity index (χ4n) is 4.47. The topological polar surface area (TPSA) is 60.2 Å². The van der Waals surface area contributed by atoms with Crippen LogP contribution in [-0.2, 0) is 6.42 Å². The number of piperidine rings is 1. The number of aromatic nitrogens is 1. The molecule has 0 saturated carbocycles. The number of amides is 2. The minimum absolute atomic E-state index is 0.0367. The summed E-state index contributed by atoms with van der Waals surface area (Å²) < 4.78 is 0. The van der Waals surface area contributed by atoms with E-state index in [4.69, 9.17) is 11.6 Å². The second-order valence-corrected chi connectivity index (χ2v) is 7.45. The summed E-state index contributed by atoms with van der Waals surface area (Å²) in [6, 6.07) is 6.96. The molecule has 4 rings (SSSR count). The van der Waals surface area contributed by atoms with Crippen LogP contribution in [0.25, 0.3) is 10.9 Å². The van der Waals surface area contributed by atoms with Crippen LogP contribution in [0.4, 0.5) is 4.79 Å². The number of carbonyl (C=O) groups is 1. The number of urea groups is 1. The minimum Gasteiger partial charge on any atom is -0.345 e. The molecule has 1 aliphatic carbocycles. The van der Waals surface area contributed by atoms with E-state index in [1.54, 1.807) is 0 Å². The van der Waals surface area contributed by atoms with Crippen LogP contribution in [0, 0.1) is 0 Å². The first-order valence-corrected chi connectivity index (χ1v) is 9.57. The number of halogens is 1. The first kappa shape index (κ1) is 16.7. The molecule has 1 unspecified atom stereocenters. The molecule has 1 aromatic heterocycles. The molecule has 2 amide bonds. The van der Waals surface area contributed by atoms with Crippen molar-refractivity contribution in [2.75, 3.05) is 19.6 Å².